The van der Waals surface area contributed by atoms with Crippen LogP contribution >= 0.6 is 0 Å². The molecule has 37 heavy (non-hydrogen) atoms. The molecule has 0 aliphatic carbocycles. The lowest BCUT2D eigenvalue weighted by atomic mass is 10.1. The van der Waals surface area contributed by atoms with Gasteiger partial charge in [0.1, 0.15) is 24.6 Å². The largest absolute Gasteiger partial charge is 0.414 e. The normalized spacial score (nSPS) is 21.6. The van der Waals surface area contributed by atoms with Crippen LogP contribution < -0.4 is 10.4 Å². The number of hydrogen-bond acceptors (Lipinski definition) is 5. The highest BCUT2D eigenvalue weighted by Crippen LogP contribution is 2.41. The summed E-state index contributed by atoms with van der Waals surface area (Å²) < 4.78 is 26.4. The van der Waals surface area contributed by atoms with Crippen LogP contribution in [0.25, 0.3) is 0 Å². The minimum absolute atomic E-state index is 0.0625. The van der Waals surface area contributed by atoms with E-state index in [1.165, 1.54) is 0 Å². The van der Waals surface area contributed by atoms with Crippen LogP contribution in [0, 0.1) is 0 Å². The summed E-state index contributed by atoms with van der Waals surface area (Å²) in [7, 11) is -5.00. The summed E-state index contributed by atoms with van der Waals surface area (Å²) in [5, 5.41) is 2.03. The summed E-state index contributed by atoms with van der Waals surface area (Å²) in [6.45, 7) is 21.8. The van der Waals surface area contributed by atoms with Crippen molar-refractivity contribution < 1.29 is 23.1 Å². The van der Waals surface area contributed by atoms with Crippen molar-refractivity contribution in [3.63, 3.8) is 0 Å². The molecule has 3 rings (SSSR count). The lowest BCUT2D eigenvalue weighted by Crippen LogP contribution is -2.69. The van der Waals surface area contributed by atoms with E-state index < -0.39 is 40.7 Å². The first-order valence-electron chi connectivity index (χ1n) is 13.3. The Morgan fingerprint density at radius 3 is 1.76 bits per heavy atom. The van der Waals surface area contributed by atoms with Crippen molar-refractivity contribution in [2.45, 2.75) is 103 Å². The molecular formula is C30H46O5Si2. The number of carbonyl (C=O) groups excluding carboxylic acids is 1. The third kappa shape index (κ3) is 6.35. The van der Waals surface area contributed by atoms with Crippen molar-refractivity contribution in [1.82, 2.24) is 0 Å². The Hall–Kier alpha value is -1.62. The standard InChI is InChI=1S/C30H46O5Si2/c1-28(2,3)36(9,10)32-22-26-27(34-30(7,8)33-26)25(21-31)35-37(29(4,5)6,23-17-13-11-14-18-23)24-19-15-12-16-20-24/h11-21,25-27H,22H2,1-10H3/t25-,26+,27-/m1/s1. The second-order valence-corrected chi connectivity index (χ2v) is 22.2. The number of benzene rings is 2. The predicted molar refractivity (Wildman–Crippen MR) is 156 cm³/mol. The quantitative estimate of drug-likeness (QED) is 0.302. The molecule has 2 aromatic carbocycles. The van der Waals surface area contributed by atoms with Crippen LogP contribution in [0.2, 0.25) is 23.2 Å². The Morgan fingerprint density at radius 1 is 0.865 bits per heavy atom. The van der Waals surface area contributed by atoms with E-state index in [0.717, 1.165) is 16.7 Å². The Bertz CT molecular complexity index is 986. The molecule has 1 aliphatic heterocycles. The molecule has 0 radical (unpaired) electrons. The molecule has 204 valence electrons. The number of ether oxygens (including phenoxy) is 2. The van der Waals surface area contributed by atoms with Gasteiger partial charge in [0.05, 0.1) is 6.61 Å². The van der Waals surface area contributed by atoms with E-state index in [4.69, 9.17) is 18.3 Å². The van der Waals surface area contributed by atoms with Gasteiger partial charge in [0, 0.05) is 0 Å². The van der Waals surface area contributed by atoms with Crippen LogP contribution in [-0.4, -0.2) is 53.6 Å². The molecule has 7 heteroatoms. The molecule has 1 saturated heterocycles. The molecule has 0 bridgehead atoms. The monoisotopic (exact) mass is 542 g/mol. The van der Waals surface area contributed by atoms with Crippen LogP contribution in [0.4, 0.5) is 0 Å². The number of carbonyl (C=O) groups is 1. The average molecular weight is 543 g/mol. The molecule has 0 amide bonds. The van der Waals surface area contributed by atoms with E-state index in [1.807, 2.05) is 50.2 Å². The smallest absolute Gasteiger partial charge is 0.262 e. The molecule has 1 aliphatic rings. The zero-order valence-corrected chi connectivity index (χ0v) is 26.3. The van der Waals surface area contributed by atoms with Crippen molar-refractivity contribution in [3.05, 3.63) is 60.7 Å². The molecule has 0 saturated carbocycles. The zero-order valence-electron chi connectivity index (χ0n) is 24.3. The van der Waals surface area contributed by atoms with Gasteiger partial charge >= 0.3 is 0 Å². The van der Waals surface area contributed by atoms with Gasteiger partial charge in [-0.15, -0.1) is 0 Å². The van der Waals surface area contributed by atoms with Crippen molar-refractivity contribution in [1.29, 1.82) is 0 Å². The summed E-state index contributed by atoms with van der Waals surface area (Å²) in [5.74, 6) is -0.845. The first-order chi connectivity index (χ1) is 17.0. The summed E-state index contributed by atoms with van der Waals surface area (Å²) in [4.78, 5) is 12.8. The fourth-order valence-electron chi connectivity index (χ4n) is 4.85. The minimum Gasteiger partial charge on any atom is -0.414 e. The summed E-state index contributed by atoms with van der Waals surface area (Å²) >= 11 is 0. The van der Waals surface area contributed by atoms with Crippen LogP contribution in [0.5, 0.6) is 0 Å². The van der Waals surface area contributed by atoms with Gasteiger partial charge in [-0.25, -0.2) is 0 Å². The van der Waals surface area contributed by atoms with Crippen LogP contribution in [-0.2, 0) is 23.1 Å². The molecule has 2 aromatic rings. The first kappa shape index (κ1) is 29.9. The molecular weight excluding hydrogens is 496 g/mol. The van der Waals surface area contributed by atoms with Crippen LogP contribution in [0.15, 0.2) is 60.7 Å². The van der Waals surface area contributed by atoms with Gasteiger partial charge in [-0.2, -0.15) is 0 Å². The molecule has 5 nitrogen and oxygen atoms in total. The molecule has 0 N–H and O–H groups in total. The van der Waals surface area contributed by atoms with Gasteiger partial charge in [0.15, 0.2) is 14.1 Å². The highest BCUT2D eigenvalue weighted by Gasteiger charge is 2.55. The van der Waals surface area contributed by atoms with Crippen LogP contribution in [0.3, 0.4) is 0 Å². The second-order valence-electron chi connectivity index (χ2n) is 13.1. The van der Waals surface area contributed by atoms with E-state index in [2.05, 4.69) is 78.9 Å². The fourth-order valence-corrected chi connectivity index (χ4v) is 10.5. The van der Waals surface area contributed by atoms with Gasteiger partial charge in [-0.1, -0.05) is 102 Å². The van der Waals surface area contributed by atoms with E-state index in [9.17, 15) is 4.79 Å². The van der Waals surface area contributed by atoms with Crippen molar-refractivity contribution in [3.8, 4) is 0 Å². The average Bonchev–Trinajstić information content (AvgIpc) is 3.12. The number of hydrogen-bond donors (Lipinski definition) is 0. The molecule has 0 aromatic heterocycles. The lowest BCUT2D eigenvalue weighted by molar-refractivity contribution is -0.156. The zero-order chi connectivity index (χ0) is 27.7. The summed E-state index contributed by atoms with van der Waals surface area (Å²) in [6, 6.07) is 20.7. The van der Waals surface area contributed by atoms with E-state index in [1.54, 1.807) is 0 Å². The third-order valence-electron chi connectivity index (χ3n) is 7.82. The minimum atomic E-state index is -2.97. The Morgan fingerprint density at radius 2 is 1.35 bits per heavy atom. The summed E-state index contributed by atoms with van der Waals surface area (Å²) in [5.41, 5.74) is 0. The topological polar surface area (TPSA) is 54.0 Å². The second kappa shape index (κ2) is 10.9. The maximum Gasteiger partial charge on any atom is 0.262 e. The fraction of sp³-hybridized carbons (Fsp3) is 0.567. The van der Waals surface area contributed by atoms with Gasteiger partial charge in [-0.3, -0.25) is 0 Å². The van der Waals surface area contributed by atoms with Crippen LogP contribution in [0.1, 0.15) is 55.4 Å². The highest BCUT2D eigenvalue weighted by atomic mass is 28.4. The molecule has 3 atom stereocenters. The third-order valence-corrected chi connectivity index (χ3v) is 17.4. The summed E-state index contributed by atoms with van der Waals surface area (Å²) in [6.07, 6.45) is -0.925. The maximum absolute atomic E-state index is 12.8. The van der Waals surface area contributed by atoms with Crippen molar-refractivity contribution >= 4 is 33.3 Å². The van der Waals surface area contributed by atoms with Gasteiger partial charge in [0.25, 0.3) is 8.32 Å². The number of rotatable bonds is 9. The van der Waals surface area contributed by atoms with Gasteiger partial charge in [0.2, 0.25) is 0 Å². The van der Waals surface area contributed by atoms with Crippen molar-refractivity contribution in [2.24, 2.45) is 0 Å². The Balaban J connectivity index is 2.04. The van der Waals surface area contributed by atoms with Crippen molar-refractivity contribution in [2.75, 3.05) is 6.61 Å². The molecule has 1 heterocycles. The Labute approximate surface area is 226 Å². The first-order valence-corrected chi connectivity index (χ1v) is 18.1. The SMILES string of the molecule is CC1(C)O[C@H]([C@@H](C=O)O[Si](c2ccccc2)(c2ccccc2)C(C)(C)C)[C@H](CO[Si](C)(C)C(C)(C)C)O1. The number of aldehydes is 1. The van der Waals surface area contributed by atoms with Gasteiger partial charge in [-0.05, 0) is 47.4 Å². The van der Waals surface area contributed by atoms with Gasteiger partial charge < -0.3 is 23.1 Å². The van der Waals surface area contributed by atoms with E-state index in [0.29, 0.717) is 6.61 Å². The molecule has 1 fully saturated rings. The van der Waals surface area contributed by atoms with E-state index >= 15 is 0 Å². The predicted octanol–water partition coefficient (Wildman–Crippen LogP) is 5.67. The molecule has 0 unspecified atom stereocenters. The Kier molecular flexibility index (Phi) is 8.79. The molecule has 0 spiro atoms. The maximum atomic E-state index is 12.8. The lowest BCUT2D eigenvalue weighted by Gasteiger charge is -2.45. The van der Waals surface area contributed by atoms with E-state index in [-0.39, 0.29) is 10.1 Å². The highest BCUT2D eigenvalue weighted by molar-refractivity contribution is 6.99.